The molecule has 0 aliphatic heterocycles. The van der Waals surface area contributed by atoms with Crippen molar-refractivity contribution in [2.75, 3.05) is 5.32 Å². The Labute approximate surface area is 164 Å². The molecule has 0 aliphatic rings. The first kappa shape index (κ1) is 17.9. The lowest BCUT2D eigenvalue weighted by molar-refractivity contribution is 0.760. The zero-order chi connectivity index (χ0) is 19.5. The molecule has 4 rings (SSSR count). The minimum Gasteiger partial charge on any atom is -0.365 e. The molecule has 4 aromatic rings. The fourth-order valence-corrected chi connectivity index (χ4v) is 3.20. The van der Waals surface area contributed by atoms with Crippen LogP contribution in [0.2, 0.25) is 0 Å². The van der Waals surface area contributed by atoms with E-state index in [1.54, 1.807) is 12.4 Å². The van der Waals surface area contributed by atoms with E-state index in [9.17, 15) is 0 Å². The van der Waals surface area contributed by atoms with Crippen molar-refractivity contribution in [3.8, 4) is 5.82 Å². The quantitative estimate of drug-likeness (QED) is 0.560. The Balaban J connectivity index is 1.46. The number of nitrogens with one attached hydrogen (secondary N) is 1. The molecule has 0 atom stereocenters. The molecule has 28 heavy (non-hydrogen) atoms. The molecule has 0 unspecified atom stereocenters. The van der Waals surface area contributed by atoms with Crippen LogP contribution in [0.4, 0.5) is 5.82 Å². The van der Waals surface area contributed by atoms with Crippen LogP contribution in [-0.4, -0.2) is 29.3 Å². The van der Waals surface area contributed by atoms with Crippen LogP contribution in [0, 0.1) is 20.8 Å². The van der Waals surface area contributed by atoms with Gasteiger partial charge in [-0.15, -0.1) is 0 Å². The molecule has 142 valence electrons. The number of aromatic nitrogens is 6. The van der Waals surface area contributed by atoms with Crippen LogP contribution >= 0.6 is 0 Å². The highest BCUT2D eigenvalue weighted by Crippen LogP contribution is 2.13. The van der Waals surface area contributed by atoms with Crippen molar-refractivity contribution in [1.29, 1.82) is 0 Å². The Bertz CT molecular complexity index is 1090. The standard InChI is InChI=1S/C21H23N7/c1-15-9-16(2)28(26-15)21-13-22-12-20(25-21)24-11-18-5-4-6-19(10-18)14-27-8-7-23-17(27)3/h4-10,12-13H,11,14H2,1-3H3,(H,24,25). The number of anilines is 1. The van der Waals surface area contributed by atoms with Crippen molar-refractivity contribution in [1.82, 2.24) is 29.3 Å². The number of benzene rings is 1. The maximum Gasteiger partial charge on any atom is 0.174 e. The van der Waals surface area contributed by atoms with E-state index in [0.717, 1.165) is 29.6 Å². The highest BCUT2D eigenvalue weighted by molar-refractivity contribution is 5.38. The summed E-state index contributed by atoms with van der Waals surface area (Å²) in [5.41, 5.74) is 4.42. The molecule has 3 aromatic heterocycles. The van der Waals surface area contributed by atoms with Crippen molar-refractivity contribution < 1.29 is 0 Å². The Morgan fingerprint density at radius 3 is 2.64 bits per heavy atom. The Morgan fingerprint density at radius 1 is 1.04 bits per heavy atom. The summed E-state index contributed by atoms with van der Waals surface area (Å²) in [5, 5.41) is 7.83. The lowest BCUT2D eigenvalue weighted by Gasteiger charge is -2.10. The summed E-state index contributed by atoms with van der Waals surface area (Å²) < 4.78 is 3.94. The van der Waals surface area contributed by atoms with Gasteiger partial charge in [0.05, 0.1) is 18.1 Å². The molecule has 0 radical (unpaired) electrons. The first-order chi connectivity index (χ1) is 13.6. The van der Waals surface area contributed by atoms with Gasteiger partial charge in [0.1, 0.15) is 11.6 Å². The molecule has 7 heteroatoms. The third kappa shape index (κ3) is 3.93. The van der Waals surface area contributed by atoms with Gasteiger partial charge in [0, 0.05) is 31.2 Å². The van der Waals surface area contributed by atoms with E-state index in [1.807, 2.05) is 43.9 Å². The van der Waals surface area contributed by atoms with E-state index in [0.29, 0.717) is 12.4 Å². The van der Waals surface area contributed by atoms with Crippen LogP contribution in [0.5, 0.6) is 0 Å². The number of aryl methyl sites for hydroxylation is 3. The Morgan fingerprint density at radius 2 is 1.89 bits per heavy atom. The second kappa shape index (κ2) is 7.64. The van der Waals surface area contributed by atoms with Crippen molar-refractivity contribution >= 4 is 5.82 Å². The van der Waals surface area contributed by atoms with E-state index in [1.165, 1.54) is 11.1 Å². The summed E-state index contributed by atoms with van der Waals surface area (Å²) in [4.78, 5) is 13.2. The van der Waals surface area contributed by atoms with Gasteiger partial charge < -0.3 is 9.88 Å². The zero-order valence-electron chi connectivity index (χ0n) is 16.3. The summed E-state index contributed by atoms with van der Waals surface area (Å²) in [6.45, 7) is 7.48. The van der Waals surface area contributed by atoms with E-state index in [-0.39, 0.29) is 0 Å². The van der Waals surface area contributed by atoms with Crippen molar-refractivity contribution in [3.05, 3.63) is 83.5 Å². The molecule has 0 saturated carbocycles. The minimum absolute atomic E-state index is 0.673. The van der Waals surface area contributed by atoms with Crippen LogP contribution in [0.1, 0.15) is 28.3 Å². The lowest BCUT2D eigenvalue weighted by atomic mass is 10.1. The molecule has 3 heterocycles. The van der Waals surface area contributed by atoms with Gasteiger partial charge in [-0.25, -0.2) is 14.6 Å². The fraction of sp³-hybridized carbons (Fsp3) is 0.238. The zero-order valence-corrected chi connectivity index (χ0v) is 16.3. The molecule has 0 saturated heterocycles. The van der Waals surface area contributed by atoms with E-state index < -0.39 is 0 Å². The lowest BCUT2D eigenvalue weighted by Crippen LogP contribution is -2.07. The molecular weight excluding hydrogens is 350 g/mol. The molecule has 1 aromatic carbocycles. The van der Waals surface area contributed by atoms with Crippen LogP contribution in [-0.2, 0) is 13.1 Å². The summed E-state index contributed by atoms with van der Waals surface area (Å²) in [6, 6.07) is 10.5. The molecule has 0 amide bonds. The van der Waals surface area contributed by atoms with Crippen molar-refractivity contribution in [2.24, 2.45) is 0 Å². The third-order valence-electron chi connectivity index (χ3n) is 4.59. The van der Waals surface area contributed by atoms with Gasteiger partial charge in [-0.05, 0) is 38.0 Å². The van der Waals surface area contributed by atoms with Crippen LogP contribution in [0.3, 0.4) is 0 Å². The number of rotatable bonds is 6. The van der Waals surface area contributed by atoms with Crippen molar-refractivity contribution in [3.63, 3.8) is 0 Å². The topological polar surface area (TPSA) is 73.5 Å². The van der Waals surface area contributed by atoms with E-state index in [2.05, 4.69) is 54.2 Å². The third-order valence-corrected chi connectivity index (χ3v) is 4.59. The molecule has 7 nitrogen and oxygen atoms in total. The summed E-state index contributed by atoms with van der Waals surface area (Å²) in [5.74, 6) is 2.45. The maximum atomic E-state index is 4.64. The molecular formula is C21H23N7. The normalized spacial score (nSPS) is 11.0. The van der Waals surface area contributed by atoms with Gasteiger partial charge >= 0.3 is 0 Å². The predicted octanol–water partition coefficient (Wildman–Crippen LogP) is 3.44. The Hall–Kier alpha value is -3.48. The van der Waals surface area contributed by atoms with Crippen LogP contribution in [0.15, 0.2) is 55.1 Å². The Kier molecular flexibility index (Phi) is 4.89. The smallest absolute Gasteiger partial charge is 0.174 e. The predicted molar refractivity (Wildman–Crippen MR) is 108 cm³/mol. The largest absolute Gasteiger partial charge is 0.365 e. The second-order valence-electron chi connectivity index (χ2n) is 6.88. The number of hydrogen-bond donors (Lipinski definition) is 1. The summed E-state index contributed by atoms with van der Waals surface area (Å²) >= 11 is 0. The molecule has 0 fully saturated rings. The molecule has 0 spiro atoms. The summed E-state index contributed by atoms with van der Waals surface area (Å²) in [7, 11) is 0. The minimum atomic E-state index is 0.673. The highest BCUT2D eigenvalue weighted by Gasteiger charge is 2.07. The number of hydrogen-bond acceptors (Lipinski definition) is 5. The van der Waals surface area contributed by atoms with Crippen LogP contribution in [0.25, 0.3) is 5.82 Å². The number of imidazole rings is 1. The van der Waals surface area contributed by atoms with Gasteiger partial charge in [-0.3, -0.25) is 4.98 Å². The average molecular weight is 373 g/mol. The van der Waals surface area contributed by atoms with Gasteiger partial charge in [0.15, 0.2) is 5.82 Å². The summed E-state index contributed by atoms with van der Waals surface area (Å²) in [6.07, 6.45) is 7.28. The molecule has 0 bridgehead atoms. The monoisotopic (exact) mass is 373 g/mol. The van der Waals surface area contributed by atoms with Crippen molar-refractivity contribution in [2.45, 2.75) is 33.9 Å². The van der Waals surface area contributed by atoms with E-state index >= 15 is 0 Å². The molecule has 1 N–H and O–H groups in total. The highest BCUT2D eigenvalue weighted by atomic mass is 15.3. The van der Waals surface area contributed by atoms with Gasteiger partial charge in [-0.1, -0.05) is 24.3 Å². The van der Waals surface area contributed by atoms with E-state index in [4.69, 9.17) is 0 Å². The second-order valence-corrected chi connectivity index (χ2v) is 6.88. The first-order valence-electron chi connectivity index (χ1n) is 9.23. The average Bonchev–Trinajstić information content (AvgIpc) is 3.25. The van der Waals surface area contributed by atoms with Gasteiger partial charge in [0.25, 0.3) is 0 Å². The number of nitrogens with zero attached hydrogens (tertiary/aromatic N) is 6. The maximum absolute atomic E-state index is 4.64. The van der Waals surface area contributed by atoms with Crippen LogP contribution < -0.4 is 5.32 Å². The SMILES string of the molecule is Cc1cc(C)n(-c2cncc(NCc3cccc(Cn4ccnc4C)c3)n2)n1. The van der Waals surface area contributed by atoms with Gasteiger partial charge in [0.2, 0.25) is 0 Å². The fourth-order valence-electron chi connectivity index (χ4n) is 3.20. The first-order valence-corrected chi connectivity index (χ1v) is 9.23. The molecule has 0 aliphatic carbocycles. The van der Waals surface area contributed by atoms with Gasteiger partial charge in [-0.2, -0.15) is 5.10 Å².